The molecular formula is C30H25NO2. The number of rotatable bonds is 4. The van der Waals surface area contributed by atoms with E-state index in [2.05, 4.69) is 91.2 Å². The maximum absolute atomic E-state index is 6.46. The molecular weight excluding hydrogens is 406 g/mol. The Morgan fingerprint density at radius 3 is 2.36 bits per heavy atom. The van der Waals surface area contributed by atoms with Gasteiger partial charge >= 0.3 is 0 Å². The molecule has 3 nitrogen and oxygen atoms in total. The summed E-state index contributed by atoms with van der Waals surface area (Å²) in [6.45, 7) is 4.26. The summed E-state index contributed by atoms with van der Waals surface area (Å²) in [6, 6.07) is 29.9. The summed E-state index contributed by atoms with van der Waals surface area (Å²) in [5.74, 6) is 1.01. The summed E-state index contributed by atoms with van der Waals surface area (Å²) >= 11 is 0. The lowest BCUT2D eigenvalue weighted by molar-refractivity contribution is 0.282. The standard InChI is InChI=1S/C30H25NO2/c1-4-27(32-3)19(2)20-14-17-26-25(18-20)23-15-16-24-22-12-8-9-13-28(22)33-30(24)29(23)31(26)21-10-6-5-7-11-21/h5-18H,4H2,1-3H3. The molecule has 6 aromatic rings. The third-order valence-electron chi connectivity index (χ3n) is 6.71. The van der Waals surface area contributed by atoms with E-state index in [4.69, 9.17) is 9.15 Å². The van der Waals surface area contributed by atoms with Crippen molar-refractivity contribution in [2.24, 2.45) is 0 Å². The van der Waals surface area contributed by atoms with E-state index in [1.54, 1.807) is 7.11 Å². The number of nitrogens with zero attached hydrogens (tertiary/aromatic N) is 1. The summed E-state index contributed by atoms with van der Waals surface area (Å²) in [4.78, 5) is 0. The first-order chi connectivity index (χ1) is 16.2. The lowest BCUT2D eigenvalue weighted by Crippen LogP contribution is -1.94. The molecule has 2 aromatic heterocycles. The van der Waals surface area contributed by atoms with E-state index in [9.17, 15) is 0 Å². The van der Waals surface area contributed by atoms with Crippen LogP contribution in [-0.2, 0) is 4.74 Å². The zero-order valence-corrected chi connectivity index (χ0v) is 19.1. The Kier molecular flexibility index (Phi) is 4.51. The van der Waals surface area contributed by atoms with E-state index < -0.39 is 0 Å². The number of benzene rings is 4. The SMILES string of the molecule is CCC(OC)=C(C)c1ccc2c(c1)c1ccc3c4ccccc4oc3c1n2-c1ccccc1. The van der Waals surface area contributed by atoms with E-state index >= 15 is 0 Å². The van der Waals surface area contributed by atoms with Crippen LogP contribution in [0.1, 0.15) is 25.8 Å². The average molecular weight is 432 g/mol. The van der Waals surface area contributed by atoms with Crippen molar-refractivity contribution in [1.82, 2.24) is 4.57 Å². The molecule has 0 spiro atoms. The predicted octanol–water partition coefficient (Wildman–Crippen LogP) is 8.47. The van der Waals surface area contributed by atoms with Crippen molar-refractivity contribution in [3.63, 3.8) is 0 Å². The first-order valence-corrected chi connectivity index (χ1v) is 11.4. The summed E-state index contributed by atoms with van der Waals surface area (Å²) in [6.07, 6.45) is 0.867. The lowest BCUT2D eigenvalue weighted by Gasteiger charge is -2.11. The number of furan rings is 1. The van der Waals surface area contributed by atoms with Crippen molar-refractivity contribution >= 4 is 49.3 Å². The van der Waals surface area contributed by atoms with Gasteiger partial charge in [-0.15, -0.1) is 0 Å². The highest BCUT2D eigenvalue weighted by atomic mass is 16.5. The van der Waals surface area contributed by atoms with Crippen LogP contribution in [0.5, 0.6) is 0 Å². The molecule has 162 valence electrons. The first kappa shape index (κ1) is 19.7. The smallest absolute Gasteiger partial charge is 0.160 e. The van der Waals surface area contributed by atoms with Crippen LogP contribution >= 0.6 is 0 Å². The minimum absolute atomic E-state index is 0.867. The van der Waals surface area contributed by atoms with E-state index in [0.717, 1.165) is 50.8 Å². The van der Waals surface area contributed by atoms with E-state index in [1.165, 1.54) is 21.9 Å². The highest BCUT2D eigenvalue weighted by Gasteiger charge is 2.19. The molecule has 6 rings (SSSR count). The second kappa shape index (κ2) is 7.56. The Balaban J connectivity index is 1.78. The van der Waals surface area contributed by atoms with Crippen molar-refractivity contribution in [1.29, 1.82) is 0 Å². The average Bonchev–Trinajstić information content (AvgIpc) is 3.40. The van der Waals surface area contributed by atoms with Crippen LogP contribution in [0.15, 0.2) is 95.1 Å². The minimum atomic E-state index is 0.867. The van der Waals surface area contributed by atoms with E-state index in [-0.39, 0.29) is 0 Å². The predicted molar refractivity (Wildman–Crippen MR) is 138 cm³/mol. The van der Waals surface area contributed by atoms with Gasteiger partial charge in [-0.1, -0.05) is 55.5 Å². The van der Waals surface area contributed by atoms with Crippen molar-refractivity contribution in [2.75, 3.05) is 7.11 Å². The molecule has 0 fully saturated rings. The maximum atomic E-state index is 6.46. The summed E-state index contributed by atoms with van der Waals surface area (Å²) in [5, 5.41) is 4.68. The van der Waals surface area contributed by atoms with Crippen LogP contribution in [0, 0.1) is 0 Å². The molecule has 0 radical (unpaired) electrons. The molecule has 0 N–H and O–H groups in total. The molecule has 3 heteroatoms. The Morgan fingerprint density at radius 1 is 0.818 bits per heavy atom. The Morgan fingerprint density at radius 2 is 1.58 bits per heavy atom. The second-order valence-electron chi connectivity index (χ2n) is 8.45. The van der Waals surface area contributed by atoms with Crippen molar-refractivity contribution in [2.45, 2.75) is 20.3 Å². The summed E-state index contributed by atoms with van der Waals surface area (Å²) < 4.78 is 14.4. The van der Waals surface area contributed by atoms with Gasteiger partial charge in [0.2, 0.25) is 0 Å². The van der Waals surface area contributed by atoms with Gasteiger partial charge in [0.15, 0.2) is 5.58 Å². The number of fused-ring (bicyclic) bond motifs is 7. The molecule has 0 aliphatic heterocycles. The molecule has 33 heavy (non-hydrogen) atoms. The fourth-order valence-corrected chi connectivity index (χ4v) is 5.08. The normalized spacial score (nSPS) is 12.7. The third-order valence-corrected chi connectivity index (χ3v) is 6.71. The fourth-order valence-electron chi connectivity index (χ4n) is 5.08. The number of para-hydroxylation sites is 2. The van der Waals surface area contributed by atoms with Crippen LogP contribution in [0.2, 0.25) is 0 Å². The van der Waals surface area contributed by atoms with Crippen molar-refractivity contribution in [3.05, 3.63) is 96.3 Å². The minimum Gasteiger partial charge on any atom is -0.501 e. The molecule has 0 amide bonds. The van der Waals surface area contributed by atoms with Crippen LogP contribution in [0.4, 0.5) is 0 Å². The van der Waals surface area contributed by atoms with E-state index in [1.807, 2.05) is 12.1 Å². The first-order valence-electron chi connectivity index (χ1n) is 11.4. The summed E-state index contributed by atoms with van der Waals surface area (Å²) in [7, 11) is 1.75. The van der Waals surface area contributed by atoms with Crippen molar-refractivity contribution in [3.8, 4) is 5.69 Å². The molecule has 0 aliphatic carbocycles. The molecule has 0 saturated carbocycles. The quantitative estimate of drug-likeness (QED) is 0.262. The van der Waals surface area contributed by atoms with E-state index in [0.29, 0.717) is 0 Å². The molecule has 0 bridgehead atoms. The number of hydrogen-bond acceptors (Lipinski definition) is 2. The molecule has 0 aliphatic rings. The maximum Gasteiger partial charge on any atom is 0.160 e. The van der Waals surface area contributed by atoms with Gasteiger partial charge < -0.3 is 13.7 Å². The fraction of sp³-hybridized carbons (Fsp3) is 0.133. The van der Waals surface area contributed by atoms with Crippen LogP contribution < -0.4 is 0 Å². The summed E-state index contributed by atoms with van der Waals surface area (Å²) in [5.41, 5.74) is 7.58. The molecule has 2 heterocycles. The molecule has 0 atom stereocenters. The highest BCUT2D eigenvalue weighted by Crippen LogP contribution is 2.41. The Bertz CT molecular complexity index is 1680. The second-order valence-corrected chi connectivity index (χ2v) is 8.45. The lowest BCUT2D eigenvalue weighted by atomic mass is 10.0. The topological polar surface area (TPSA) is 27.3 Å². The van der Waals surface area contributed by atoms with Gasteiger partial charge in [-0.05, 0) is 54.5 Å². The monoisotopic (exact) mass is 431 g/mol. The number of methoxy groups -OCH3 is 1. The molecule has 0 unspecified atom stereocenters. The van der Waals surface area contributed by atoms with Gasteiger partial charge in [0.25, 0.3) is 0 Å². The number of ether oxygens (including phenoxy) is 1. The zero-order chi connectivity index (χ0) is 22.5. The number of hydrogen-bond donors (Lipinski definition) is 0. The van der Waals surface area contributed by atoms with Gasteiger partial charge in [-0.25, -0.2) is 0 Å². The Hall–Kier alpha value is -3.98. The van der Waals surface area contributed by atoms with Gasteiger partial charge in [0, 0.05) is 33.7 Å². The van der Waals surface area contributed by atoms with Crippen LogP contribution in [-0.4, -0.2) is 11.7 Å². The van der Waals surface area contributed by atoms with Crippen LogP contribution in [0.25, 0.3) is 55.0 Å². The molecule has 4 aromatic carbocycles. The van der Waals surface area contributed by atoms with Crippen LogP contribution in [0.3, 0.4) is 0 Å². The largest absolute Gasteiger partial charge is 0.501 e. The molecule has 0 saturated heterocycles. The number of aromatic nitrogens is 1. The van der Waals surface area contributed by atoms with Gasteiger partial charge in [-0.3, -0.25) is 0 Å². The van der Waals surface area contributed by atoms with Crippen molar-refractivity contribution < 1.29 is 9.15 Å². The highest BCUT2D eigenvalue weighted by molar-refractivity contribution is 6.21. The third kappa shape index (κ3) is 2.89. The van der Waals surface area contributed by atoms with Gasteiger partial charge in [0.1, 0.15) is 5.58 Å². The van der Waals surface area contributed by atoms with Gasteiger partial charge in [-0.2, -0.15) is 0 Å². The Labute approximate surface area is 192 Å². The van der Waals surface area contributed by atoms with Gasteiger partial charge in [0.05, 0.1) is 23.9 Å². The number of allylic oxidation sites excluding steroid dienone is 2. The zero-order valence-electron chi connectivity index (χ0n) is 19.1.